The molecule has 1 aromatic heterocycles. The minimum absolute atomic E-state index is 0.0285. The summed E-state index contributed by atoms with van der Waals surface area (Å²) in [6.07, 6.45) is 1.72. The fourth-order valence-corrected chi connectivity index (χ4v) is 3.17. The molecular formula is C23H27N3O2. The summed E-state index contributed by atoms with van der Waals surface area (Å²) in [7, 11) is 1.84. The van der Waals surface area contributed by atoms with Gasteiger partial charge in [-0.15, -0.1) is 0 Å². The van der Waals surface area contributed by atoms with Gasteiger partial charge in [-0.2, -0.15) is 5.10 Å². The molecule has 0 unspecified atom stereocenters. The van der Waals surface area contributed by atoms with Crippen LogP contribution < -0.4 is 4.74 Å². The van der Waals surface area contributed by atoms with E-state index in [9.17, 15) is 4.79 Å². The Bertz CT molecular complexity index is 919. The van der Waals surface area contributed by atoms with Crippen LogP contribution in [0.1, 0.15) is 35.0 Å². The van der Waals surface area contributed by atoms with Crippen molar-refractivity contribution >= 4 is 5.91 Å². The van der Waals surface area contributed by atoms with Crippen LogP contribution in [0.4, 0.5) is 0 Å². The number of aromatic nitrogens is 2. The second-order valence-electron chi connectivity index (χ2n) is 6.89. The Balaban J connectivity index is 1.53. The maximum Gasteiger partial charge on any atom is 0.253 e. The third kappa shape index (κ3) is 4.80. The van der Waals surface area contributed by atoms with Crippen molar-refractivity contribution in [3.8, 4) is 17.0 Å². The predicted molar refractivity (Wildman–Crippen MR) is 112 cm³/mol. The molecule has 0 saturated heterocycles. The van der Waals surface area contributed by atoms with Crippen LogP contribution in [0, 0.1) is 6.92 Å². The number of carbonyl (C=O) groups is 1. The Kier molecular flexibility index (Phi) is 6.48. The molecule has 5 nitrogen and oxygen atoms in total. The van der Waals surface area contributed by atoms with E-state index in [0.717, 1.165) is 41.1 Å². The second-order valence-corrected chi connectivity index (χ2v) is 6.89. The number of H-pyrrole nitrogens is 1. The van der Waals surface area contributed by atoms with Gasteiger partial charge in [0.25, 0.3) is 5.91 Å². The fourth-order valence-electron chi connectivity index (χ4n) is 3.17. The van der Waals surface area contributed by atoms with Gasteiger partial charge in [0.15, 0.2) is 0 Å². The van der Waals surface area contributed by atoms with E-state index >= 15 is 0 Å². The molecule has 0 atom stereocenters. The van der Waals surface area contributed by atoms with E-state index in [1.54, 1.807) is 4.90 Å². The zero-order valence-electron chi connectivity index (χ0n) is 16.7. The van der Waals surface area contributed by atoms with Crippen LogP contribution in [-0.4, -0.2) is 41.2 Å². The van der Waals surface area contributed by atoms with Gasteiger partial charge in [-0.3, -0.25) is 9.89 Å². The molecule has 3 aromatic rings. The monoisotopic (exact) mass is 377 g/mol. The molecule has 1 N–H and O–H groups in total. The third-order valence-electron chi connectivity index (χ3n) is 4.71. The topological polar surface area (TPSA) is 58.2 Å². The maximum atomic E-state index is 12.7. The number of ether oxygens (including phenoxy) is 1. The first-order valence-corrected chi connectivity index (χ1v) is 9.67. The number of hydrogen-bond donors (Lipinski definition) is 1. The van der Waals surface area contributed by atoms with Gasteiger partial charge < -0.3 is 9.64 Å². The van der Waals surface area contributed by atoms with Gasteiger partial charge in [0.1, 0.15) is 5.75 Å². The van der Waals surface area contributed by atoms with Gasteiger partial charge in [0, 0.05) is 30.4 Å². The van der Waals surface area contributed by atoms with E-state index in [0.29, 0.717) is 18.7 Å². The minimum atomic E-state index is 0.0285. The zero-order valence-corrected chi connectivity index (χ0v) is 16.7. The molecule has 0 aliphatic heterocycles. The standard InChI is InChI=1S/C23H27N3O2/c1-4-28-22-13-12-19(15-17(22)2)23(27)26(3)14-8-11-20-16-21(25-24-20)18-9-6-5-7-10-18/h5-7,9-10,12-13,15-16H,4,8,11,14H2,1-3H3,(H,24,25). The van der Waals surface area contributed by atoms with E-state index in [4.69, 9.17) is 4.74 Å². The van der Waals surface area contributed by atoms with Gasteiger partial charge in [0.05, 0.1) is 12.3 Å². The lowest BCUT2D eigenvalue weighted by Gasteiger charge is -2.18. The van der Waals surface area contributed by atoms with Crippen molar-refractivity contribution in [2.45, 2.75) is 26.7 Å². The lowest BCUT2D eigenvalue weighted by atomic mass is 10.1. The van der Waals surface area contributed by atoms with Crippen LogP contribution in [0.25, 0.3) is 11.3 Å². The number of aromatic amines is 1. The number of aryl methyl sites for hydroxylation is 2. The van der Waals surface area contributed by atoms with Crippen molar-refractivity contribution in [1.82, 2.24) is 15.1 Å². The van der Waals surface area contributed by atoms with Crippen LogP contribution >= 0.6 is 0 Å². The van der Waals surface area contributed by atoms with Crippen molar-refractivity contribution in [2.24, 2.45) is 0 Å². The molecule has 5 heteroatoms. The molecule has 0 aliphatic rings. The van der Waals surface area contributed by atoms with Gasteiger partial charge >= 0.3 is 0 Å². The lowest BCUT2D eigenvalue weighted by Crippen LogP contribution is -2.28. The van der Waals surface area contributed by atoms with Gasteiger partial charge in [-0.1, -0.05) is 30.3 Å². The molecule has 1 heterocycles. The van der Waals surface area contributed by atoms with Crippen LogP contribution in [0.3, 0.4) is 0 Å². The first-order chi connectivity index (χ1) is 13.6. The van der Waals surface area contributed by atoms with Gasteiger partial charge in [0.2, 0.25) is 0 Å². The van der Waals surface area contributed by atoms with Gasteiger partial charge in [-0.05, 0) is 56.5 Å². The summed E-state index contributed by atoms with van der Waals surface area (Å²) in [5.74, 6) is 0.857. The van der Waals surface area contributed by atoms with Crippen LogP contribution in [0.2, 0.25) is 0 Å². The predicted octanol–water partition coefficient (Wildman–Crippen LogP) is 4.49. The smallest absolute Gasteiger partial charge is 0.253 e. The van der Waals surface area contributed by atoms with Crippen LogP contribution in [0.5, 0.6) is 5.75 Å². The largest absolute Gasteiger partial charge is 0.494 e. The van der Waals surface area contributed by atoms with Crippen molar-refractivity contribution in [3.05, 3.63) is 71.4 Å². The van der Waals surface area contributed by atoms with E-state index in [2.05, 4.69) is 16.3 Å². The molecule has 146 valence electrons. The summed E-state index contributed by atoms with van der Waals surface area (Å²) >= 11 is 0. The number of nitrogens with one attached hydrogen (secondary N) is 1. The number of amides is 1. The summed E-state index contributed by atoms with van der Waals surface area (Å²) in [6, 6.07) is 17.8. The van der Waals surface area contributed by atoms with E-state index in [-0.39, 0.29) is 5.91 Å². The zero-order chi connectivity index (χ0) is 19.9. The Labute approximate surface area is 166 Å². The summed E-state index contributed by atoms with van der Waals surface area (Å²) in [6.45, 7) is 5.22. The molecule has 28 heavy (non-hydrogen) atoms. The normalized spacial score (nSPS) is 10.7. The van der Waals surface area contributed by atoms with Crippen molar-refractivity contribution < 1.29 is 9.53 Å². The van der Waals surface area contributed by atoms with Crippen molar-refractivity contribution in [1.29, 1.82) is 0 Å². The quantitative estimate of drug-likeness (QED) is 0.629. The lowest BCUT2D eigenvalue weighted by molar-refractivity contribution is 0.0793. The molecule has 0 radical (unpaired) electrons. The highest BCUT2D eigenvalue weighted by molar-refractivity contribution is 5.94. The number of benzene rings is 2. The molecular weight excluding hydrogens is 350 g/mol. The Morgan fingerprint density at radius 3 is 2.64 bits per heavy atom. The number of rotatable bonds is 8. The number of nitrogens with zero attached hydrogens (tertiary/aromatic N) is 2. The Morgan fingerprint density at radius 1 is 1.14 bits per heavy atom. The molecule has 2 aromatic carbocycles. The number of carbonyl (C=O) groups excluding carboxylic acids is 1. The Hall–Kier alpha value is -3.08. The summed E-state index contributed by atoms with van der Waals surface area (Å²) in [5.41, 5.74) is 4.80. The van der Waals surface area contributed by atoms with E-state index in [1.807, 2.05) is 69.4 Å². The van der Waals surface area contributed by atoms with E-state index < -0.39 is 0 Å². The molecule has 0 bridgehead atoms. The first-order valence-electron chi connectivity index (χ1n) is 9.67. The average molecular weight is 377 g/mol. The molecule has 0 spiro atoms. The second kappa shape index (κ2) is 9.22. The molecule has 0 fully saturated rings. The fraction of sp³-hybridized carbons (Fsp3) is 0.304. The van der Waals surface area contributed by atoms with Crippen molar-refractivity contribution in [2.75, 3.05) is 20.2 Å². The third-order valence-corrected chi connectivity index (χ3v) is 4.71. The SMILES string of the molecule is CCOc1ccc(C(=O)N(C)CCCc2cc(-c3ccccc3)n[nH]2)cc1C. The van der Waals surface area contributed by atoms with Crippen molar-refractivity contribution in [3.63, 3.8) is 0 Å². The summed E-state index contributed by atoms with van der Waals surface area (Å²) in [5, 5.41) is 7.48. The Morgan fingerprint density at radius 2 is 1.93 bits per heavy atom. The average Bonchev–Trinajstić information content (AvgIpc) is 3.18. The van der Waals surface area contributed by atoms with Crippen LogP contribution in [-0.2, 0) is 6.42 Å². The highest BCUT2D eigenvalue weighted by Crippen LogP contribution is 2.20. The van der Waals surface area contributed by atoms with Crippen LogP contribution in [0.15, 0.2) is 54.6 Å². The molecule has 0 saturated carbocycles. The first kappa shape index (κ1) is 19.7. The molecule has 0 aliphatic carbocycles. The highest BCUT2D eigenvalue weighted by Gasteiger charge is 2.13. The maximum absolute atomic E-state index is 12.7. The highest BCUT2D eigenvalue weighted by atomic mass is 16.5. The number of hydrogen-bond acceptors (Lipinski definition) is 3. The molecule has 1 amide bonds. The van der Waals surface area contributed by atoms with E-state index in [1.165, 1.54) is 0 Å². The van der Waals surface area contributed by atoms with Gasteiger partial charge in [-0.25, -0.2) is 0 Å². The minimum Gasteiger partial charge on any atom is -0.494 e. The summed E-state index contributed by atoms with van der Waals surface area (Å²) < 4.78 is 5.55. The summed E-state index contributed by atoms with van der Waals surface area (Å²) in [4.78, 5) is 14.4. The molecule has 3 rings (SSSR count).